The first-order chi connectivity index (χ1) is 18.2. The molecule has 2 atom stereocenters. The Bertz CT molecular complexity index is 1320. The summed E-state index contributed by atoms with van der Waals surface area (Å²) >= 11 is 0. The minimum absolute atomic E-state index is 0.0320. The Morgan fingerprint density at radius 3 is 2.74 bits per heavy atom. The summed E-state index contributed by atoms with van der Waals surface area (Å²) in [6, 6.07) is 9.54. The van der Waals surface area contributed by atoms with E-state index in [1.54, 1.807) is 29.2 Å². The van der Waals surface area contributed by atoms with Gasteiger partial charge in [0.2, 0.25) is 5.91 Å². The molecule has 8 nitrogen and oxygen atoms in total. The maximum absolute atomic E-state index is 14.3. The zero-order chi connectivity index (χ0) is 26.8. The number of nitrogens with one attached hydrogen (secondary N) is 1. The summed E-state index contributed by atoms with van der Waals surface area (Å²) in [5.41, 5.74) is 3.16. The van der Waals surface area contributed by atoms with Crippen LogP contribution in [0.4, 0.5) is 20.5 Å². The van der Waals surface area contributed by atoms with E-state index in [-0.39, 0.29) is 61.8 Å². The van der Waals surface area contributed by atoms with Gasteiger partial charge in [0, 0.05) is 12.1 Å². The Labute approximate surface area is 219 Å². The Kier molecular flexibility index (Phi) is 7.60. The van der Waals surface area contributed by atoms with Crippen molar-refractivity contribution in [3.63, 3.8) is 0 Å². The molecule has 10 heteroatoms. The summed E-state index contributed by atoms with van der Waals surface area (Å²) < 4.78 is 39.7. The van der Waals surface area contributed by atoms with Gasteiger partial charge in [-0.1, -0.05) is 12.1 Å². The normalized spacial score (nSPS) is 23.6. The molecule has 0 spiro atoms. The second-order valence-electron chi connectivity index (χ2n) is 10.3. The van der Waals surface area contributed by atoms with Gasteiger partial charge in [0.25, 0.3) is 6.01 Å². The number of carbonyl (C=O) groups is 2. The van der Waals surface area contributed by atoms with Crippen molar-refractivity contribution < 1.29 is 32.6 Å². The van der Waals surface area contributed by atoms with Gasteiger partial charge in [-0.15, -0.1) is 0 Å². The molecule has 38 heavy (non-hydrogen) atoms. The number of carboxylic acids is 1. The minimum Gasteiger partial charge on any atom is -0.481 e. The molecule has 202 valence electrons. The molecule has 2 aliphatic rings. The number of oxazole rings is 1. The van der Waals surface area contributed by atoms with Gasteiger partial charge in [-0.2, -0.15) is 4.98 Å². The van der Waals surface area contributed by atoms with Crippen molar-refractivity contribution in [3.8, 4) is 0 Å². The van der Waals surface area contributed by atoms with Crippen LogP contribution in [0.5, 0.6) is 0 Å². The SMILES string of the molecule is Cc1ccc(F)cc1Nc1nc2ccc(CC(=O)N3C[C@@H](F)C[C@H]3CO[C@H]3CC[C@H](C(=O)O)CC3)cc2o1. The predicted molar refractivity (Wildman–Crippen MR) is 136 cm³/mol. The average Bonchev–Trinajstić information content (AvgIpc) is 3.47. The molecule has 5 rings (SSSR count). The zero-order valence-electron chi connectivity index (χ0n) is 21.2. The van der Waals surface area contributed by atoms with Crippen LogP contribution < -0.4 is 5.32 Å². The molecule has 1 aromatic heterocycles. The van der Waals surface area contributed by atoms with Crippen molar-refractivity contribution in [1.82, 2.24) is 9.88 Å². The number of halogens is 2. The van der Waals surface area contributed by atoms with Crippen LogP contribution in [-0.4, -0.2) is 58.3 Å². The van der Waals surface area contributed by atoms with Crippen LogP contribution in [-0.2, 0) is 20.7 Å². The first-order valence-electron chi connectivity index (χ1n) is 13.0. The van der Waals surface area contributed by atoms with Crippen LogP contribution in [0, 0.1) is 18.7 Å². The van der Waals surface area contributed by atoms with Crippen LogP contribution in [0.1, 0.15) is 43.2 Å². The fraction of sp³-hybridized carbons (Fsp3) is 0.464. The first-order valence-corrected chi connectivity index (χ1v) is 13.0. The van der Waals surface area contributed by atoms with Gasteiger partial charge in [-0.25, -0.2) is 8.78 Å². The molecule has 2 aromatic carbocycles. The number of hydrogen-bond acceptors (Lipinski definition) is 6. The topological polar surface area (TPSA) is 105 Å². The van der Waals surface area contributed by atoms with Gasteiger partial charge in [0.15, 0.2) is 5.58 Å². The van der Waals surface area contributed by atoms with E-state index in [9.17, 15) is 18.4 Å². The molecule has 0 unspecified atom stereocenters. The number of nitrogens with zero attached hydrogens (tertiary/aromatic N) is 2. The fourth-order valence-electron chi connectivity index (χ4n) is 5.30. The van der Waals surface area contributed by atoms with Crippen molar-refractivity contribution in [2.45, 2.75) is 63.8 Å². The van der Waals surface area contributed by atoms with Crippen molar-refractivity contribution >= 4 is 34.7 Å². The number of aliphatic carboxylic acids is 1. The van der Waals surface area contributed by atoms with E-state index in [0.29, 0.717) is 48.0 Å². The van der Waals surface area contributed by atoms with Crippen molar-refractivity contribution in [2.24, 2.45) is 5.92 Å². The highest BCUT2D eigenvalue weighted by atomic mass is 19.1. The monoisotopic (exact) mass is 527 g/mol. The molecule has 0 radical (unpaired) electrons. The smallest absolute Gasteiger partial charge is 0.306 e. The van der Waals surface area contributed by atoms with E-state index in [2.05, 4.69) is 10.3 Å². The maximum atomic E-state index is 14.3. The van der Waals surface area contributed by atoms with Crippen LogP contribution >= 0.6 is 0 Å². The number of ether oxygens (including phenoxy) is 1. The van der Waals surface area contributed by atoms with E-state index in [4.69, 9.17) is 14.3 Å². The average molecular weight is 528 g/mol. The number of anilines is 2. The maximum Gasteiger partial charge on any atom is 0.306 e. The standard InChI is InChI=1S/C28H31F2N3O5/c1-16-2-6-19(29)13-24(16)32-28-31-23-9-3-17(10-25(23)38-28)11-26(34)33-14-20(30)12-21(33)15-37-22-7-4-18(5-8-22)27(35)36/h2-3,6,9-10,13,18,20-22H,4-5,7-8,11-12,14-15H2,1H3,(H,31,32)(H,35,36)/t18-,20-,21-,22-/m0/s1. The third-order valence-electron chi connectivity index (χ3n) is 7.48. The molecular formula is C28H31F2N3O5. The summed E-state index contributed by atoms with van der Waals surface area (Å²) in [5, 5.41) is 12.1. The molecule has 1 saturated carbocycles. The van der Waals surface area contributed by atoms with Crippen molar-refractivity contribution in [3.05, 3.63) is 53.3 Å². The molecule has 1 aliphatic carbocycles. The van der Waals surface area contributed by atoms with Crippen LogP contribution in [0.3, 0.4) is 0 Å². The van der Waals surface area contributed by atoms with E-state index < -0.39 is 12.1 Å². The largest absolute Gasteiger partial charge is 0.481 e. The van der Waals surface area contributed by atoms with E-state index in [1.165, 1.54) is 12.1 Å². The molecule has 0 bridgehead atoms. The van der Waals surface area contributed by atoms with E-state index in [1.807, 2.05) is 6.92 Å². The highest BCUT2D eigenvalue weighted by Crippen LogP contribution is 2.29. The number of fused-ring (bicyclic) bond motifs is 1. The second kappa shape index (κ2) is 11.1. The van der Waals surface area contributed by atoms with Crippen LogP contribution in [0.15, 0.2) is 40.8 Å². The number of rotatable bonds is 8. The Hall–Kier alpha value is -3.53. The summed E-state index contributed by atoms with van der Waals surface area (Å²) in [6.07, 6.45) is 1.60. The predicted octanol–water partition coefficient (Wildman–Crippen LogP) is 5.16. The van der Waals surface area contributed by atoms with Gasteiger partial charge < -0.3 is 24.5 Å². The Balaban J connectivity index is 1.20. The van der Waals surface area contributed by atoms with Gasteiger partial charge in [0.05, 0.1) is 37.6 Å². The Morgan fingerprint density at radius 2 is 1.97 bits per heavy atom. The van der Waals surface area contributed by atoms with Gasteiger partial charge in [-0.05, 0) is 68.0 Å². The van der Waals surface area contributed by atoms with Crippen molar-refractivity contribution in [1.29, 1.82) is 0 Å². The molecule has 1 amide bonds. The summed E-state index contributed by atoms with van der Waals surface area (Å²) in [7, 11) is 0. The number of benzene rings is 2. The molecule has 2 fully saturated rings. The Morgan fingerprint density at radius 1 is 1.18 bits per heavy atom. The van der Waals surface area contributed by atoms with E-state index >= 15 is 0 Å². The molecule has 2 N–H and O–H groups in total. The van der Waals surface area contributed by atoms with Crippen molar-refractivity contribution in [2.75, 3.05) is 18.5 Å². The van der Waals surface area contributed by atoms with E-state index in [0.717, 1.165) is 5.56 Å². The fourth-order valence-corrected chi connectivity index (χ4v) is 5.30. The highest BCUT2D eigenvalue weighted by Gasteiger charge is 2.36. The second-order valence-corrected chi connectivity index (χ2v) is 10.3. The number of aryl methyl sites for hydroxylation is 1. The lowest BCUT2D eigenvalue weighted by Crippen LogP contribution is -2.40. The number of amides is 1. The number of alkyl halides is 1. The third kappa shape index (κ3) is 5.96. The van der Waals surface area contributed by atoms with Gasteiger partial charge in [-0.3, -0.25) is 9.59 Å². The summed E-state index contributed by atoms with van der Waals surface area (Å²) in [5.74, 6) is -1.66. The molecular weight excluding hydrogens is 496 g/mol. The van der Waals surface area contributed by atoms with Crippen LogP contribution in [0.2, 0.25) is 0 Å². The number of aromatic nitrogens is 1. The molecule has 3 aromatic rings. The number of carboxylic acid groups (broad SMARTS) is 1. The number of hydrogen-bond donors (Lipinski definition) is 2. The minimum atomic E-state index is -1.10. The third-order valence-corrected chi connectivity index (χ3v) is 7.48. The number of likely N-dealkylation sites (tertiary alicyclic amines) is 1. The van der Waals surface area contributed by atoms with Gasteiger partial charge >= 0.3 is 5.97 Å². The molecule has 1 saturated heterocycles. The lowest BCUT2D eigenvalue weighted by molar-refractivity contribution is -0.144. The van der Waals surface area contributed by atoms with Crippen LogP contribution in [0.25, 0.3) is 11.1 Å². The van der Waals surface area contributed by atoms with Gasteiger partial charge in [0.1, 0.15) is 17.5 Å². The lowest BCUT2D eigenvalue weighted by Gasteiger charge is -2.29. The summed E-state index contributed by atoms with van der Waals surface area (Å²) in [6.45, 7) is 2.12. The first kappa shape index (κ1) is 26.1. The zero-order valence-corrected chi connectivity index (χ0v) is 21.2. The highest BCUT2D eigenvalue weighted by molar-refractivity contribution is 5.82. The summed E-state index contributed by atoms with van der Waals surface area (Å²) in [4.78, 5) is 30.2. The lowest BCUT2D eigenvalue weighted by atomic mass is 9.87. The molecule has 2 heterocycles. The number of carbonyl (C=O) groups excluding carboxylic acids is 1. The molecule has 1 aliphatic heterocycles. The quantitative estimate of drug-likeness (QED) is 0.417.